The van der Waals surface area contributed by atoms with Gasteiger partial charge in [-0.3, -0.25) is 4.79 Å². The molecule has 1 atom stereocenters. The van der Waals surface area contributed by atoms with Crippen molar-refractivity contribution in [3.8, 4) is 11.5 Å². The van der Waals surface area contributed by atoms with Crippen molar-refractivity contribution in [1.82, 2.24) is 0 Å². The number of ether oxygens (including phenoxy) is 2. The summed E-state index contributed by atoms with van der Waals surface area (Å²) >= 11 is 0. The van der Waals surface area contributed by atoms with Crippen LogP contribution < -0.4 is 9.47 Å². The van der Waals surface area contributed by atoms with Crippen molar-refractivity contribution < 1.29 is 28.2 Å². The van der Waals surface area contributed by atoms with E-state index >= 15 is 0 Å². The largest absolute Gasteiger partial charge is 0.490 e. The van der Waals surface area contributed by atoms with Gasteiger partial charge in [-0.25, -0.2) is 8.78 Å². The van der Waals surface area contributed by atoms with Gasteiger partial charge in [-0.2, -0.15) is 0 Å². The molecule has 0 radical (unpaired) electrons. The van der Waals surface area contributed by atoms with Crippen molar-refractivity contribution in [3.63, 3.8) is 0 Å². The zero-order valence-corrected chi connectivity index (χ0v) is 16.0. The normalized spacial score (nSPS) is 10.5. The Morgan fingerprint density at radius 1 is 1.03 bits per heavy atom. The van der Waals surface area contributed by atoms with Gasteiger partial charge in [-0.1, -0.05) is 32.7 Å². The number of rotatable bonds is 8. The van der Waals surface area contributed by atoms with E-state index in [-0.39, 0.29) is 24.3 Å². The van der Waals surface area contributed by atoms with Crippen LogP contribution in [-0.4, -0.2) is 24.1 Å². The molecule has 158 valence electrons. The highest BCUT2D eigenvalue weighted by Crippen LogP contribution is 2.22. The minimum absolute atomic E-state index is 0. The lowest BCUT2D eigenvalue weighted by Gasteiger charge is -2.09. The van der Waals surface area contributed by atoms with Gasteiger partial charge in [0.1, 0.15) is 36.3 Å². The predicted molar refractivity (Wildman–Crippen MR) is 112 cm³/mol. The predicted octanol–water partition coefficient (Wildman–Crippen LogP) is 5.67. The minimum atomic E-state index is -0.831. The molecule has 29 heavy (non-hydrogen) atoms. The molecule has 0 bridgehead atoms. The van der Waals surface area contributed by atoms with Gasteiger partial charge in [-0.05, 0) is 50.2 Å². The van der Waals surface area contributed by atoms with Gasteiger partial charge in [0.2, 0.25) is 0 Å². The number of carbonyl (C=O) groups is 1. The van der Waals surface area contributed by atoms with E-state index in [1.165, 1.54) is 50.2 Å². The van der Waals surface area contributed by atoms with E-state index in [1.54, 1.807) is 12.2 Å². The summed E-state index contributed by atoms with van der Waals surface area (Å²) in [6.07, 6.45) is 2.35. The van der Waals surface area contributed by atoms with E-state index in [9.17, 15) is 18.7 Å². The van der Waals surface area contributed by atoms with Crippen LogP contribution in [0.25, 0.3) is 0 Å². The first-order valence-corrected chi connectivity index (χ1v) is 8.55. The first-order valence-electron chi connectivity index (χ1n) is 8.55. The first kappa shape index (κ1) is 26.0. The Balaban J connectivity index is 0.000000523. The van der Waals surface area contributed by atoms with Crippen molar-refractivity contribution in [2.45, 2.75) is 27.4 Å². The minimum Gasteiger partial charge on any atom is -0.490 e. The lowest BCUT2D eigenvalue weighted by atomic mass is 10.1. The van der Waals surface area contributed by atoms with Gasteiger partial charge in [0.15, 0.2) is 5.78 Å². The van der Waals surface area contributed by atoms with Crippen LogP contribution in [0.5, 0.6) is 11.5 Å². The van der Waals surface area contributed by atoms with E-state index < -0.39 is 17.7 Å². The van der Waals surface area contributed by atoms with Gasteiger partial charge in [-0.15, -0.1) is 0 Å². The number of carbonyl (C=O) groups excluding carboxylic acids is 1. The van der Waals surface area contributed by atoms with Crippen molar-refractivity contribution in [2.24, 2.45) is 0 Å². The SMILES string of the molecule is C.C=CCOc1ccc(F)c(C(C)=O)c1.C=CCOc1ccc(F)c([C@@H](C)O)c1. The van der Waals surface area contributed by atoms with E-state index in [0.717, 1.165) is 0 Å². The Morgan fingerprint density at radius 3 is 1.97 bits per heavy atom. The van der Waals surface area contributed by atoms with Crippen LogP contribution in [-0.2, 0) is 0 Å². The van der Waals surface area contributed by atoms with Crippen molar-refractivity contribution >= 4 is 5.78 Å². The van der Waals surface area contributed by atoms with Crippen LogP contribution in [0.15, 0.2) is 61.7 Å². The second-order valence-corrected chi connectivity index (χ2v) is 5.76. The van der Waals surface area contributed by atoms with Crippen LogP contribution in [0.3, 0.4) is 0 Å². The molecule has 0 spiro atoms. The molecule has 0 saturated heterocycles. The molecule has 0 aromatic heterocycles. The zero-order valence-electron chi connectivity index (χ0n) is 16.0. The van der Waals surface area contributed by atoms with E-state index in [1.807, 2.05) is 0 Å². The molecule has 0 heterocycles. The monoisotopic (exact) mass is 406 g/mol. The quantitative estimate of drug-likeness (QED) is 0.453. The summed E-state index contributed by atoms with van der Waals surface area (Å²) in [5.74, 6) is -0.264. The molecule has 0 fully saturated rings. The molecule has 4 nitrogen and oxygen atoms in total. The molecular weight excluding hydrogens is 378 g/mol. The molecular formula is C23H28F2O4. The number of hydrogen-bond donors (Lipinski definition) is 1. The smallest absolute Gasteiger partial charge is 0.162 e. The van der Waals surface area contributed by atoms with E-state index in [0.29, 0.717) is 24.7 Å². The summed E-state index contributed by atoms with van der Waals surface area (Å²) < 4.78 is 36.5. The Bertz CT molecular complexity index is 817. The molecule has 0 aliphatic rings. The molecule has 0 unspecified atom stereocenters. The Hall–Kier alpha value is -2.99. The molecule has 0 saturated carbocycles. The standard InChI is InChI=1S/C11H13FO2.C11H11FO2.CH4/c2*1-3-6-14-9-4-5-11(12)10(7-9)8(2)13;/h3-5,7-8,13H,1,6H2,2H3;3-5,7H,1,6H2,2H3;1H4/t8-;;/m1../s1. The topological polar surface area (TPSA) is 55.8 Å². The summed E-state index contributed by atoms with van der Waals surface area (Å²) in [5, 5.41) is 9.24. The maximum atomic E-state index is 13.1. The van der Waals surface area contributed by atoms with Gasteiger partial charge in [0.25, 0.3) is 0 Å². The highest BCUT2D eigenvalue weighted by molar-refractivity contribution is 5.94. The summed E-state index contributed by atoms with van der Waals surface area (Å²) in [4.78, 5) is 11.0. The van der Waals surface area contributed by atoms with Crippen LogP contribution in [0.2, 0.25) is 0 Å². The lowest BCUT2D eigenvalue weighted by Crippen LogP contribution is -1.99. The first-order chi connectivity index (χ1) is 13.3. The number of aliphatic hydroxyl groups excluding tert-OH is 1. The van der Waals surface area contributed by atoms with Crippen LogP contribution in [0, 0.1) is 11.6 Å². The van der Waals surface area contributed by atoms with Gasteiger partial charge in [0, 0.05) is 5.56 Å². The van der Waals surface area contributed by atoms with E-state index in [2.05, 4.69) is 13.2 Å². The fourth-order valence-corrected chi connectivity index (χ4v) is 2.11. The van der Waals surface area contributed by atoms with Crippen molar-refractivity contribution in [1.29, 1.82) is 0 Å². The maximum Gasteiger partial charge on any atom is 0.162 e. The van der Waals surface area contributed by atoms with Crippen molar-refractivity contribution in [3.05, 3.63) is 84.5 Å². The highest BCUT2D eigenvalue weighted by Gasteiger charge is 2.09. The Kier molecular flexibility index (Phi) is 11.9. The fraction of sp³-hybridized carbons (Fsp3) is 0.261. The second kappa shape index (κ2) is 13.2. The van der Waals surface area contributed by atoms with Gasteiger partial charge >= 0.3 is 0 Å². The van der Waals surface area contributed by atoms with Crippen molar-refractivity contribution in [2.75, 3.05) is 13.2 Å². The average Bonchev–Trinajstić information content (AvgIpc) is 2.66. The third-order valence-corrected chi connectivity index (χ3v) is 3.47. The van der Waals surface area contributed by atoms with Crippen LogP contribution >= 0.6 is 0 Å². The lowest BCUT2D eigenvalue weighted by molar-refractivity contribution is 0.101. The number of Topliss-reactive ketones (excluding diaryl/α,β-unsaturated/α-hetero) is 1. The molecule has 1 N–H and O–H groups in total. The van der Waals surface area contributed by atoms with Gasteiger partial charge in [0.05, 0.1) is 11.7 Å². The molecule has 2 rings (SSSR count). The zero-order chi connectivity index (χ0) is 21.1. The second-order valence-electron chi connectivity index (χ2n) is 5.76. The fourth-order valence-electron chi connectivity index (χ4n) is 2.11. The number of ketones is 1. The third-order valence-electron chi connectivity index (χ3n) is 3.47. The Morgan fingerprint density at radius 2 is 1.52 bits per heavy atom. The summed E-state index contributed by atoms with van der Waals surface area (Å²) in [7, 11) is 0. The highest BCUT2D eigenvalue weighted by atomic mass is 19.1. The number of benzene rings is 2. The molecule has 6 heteroatoms. The molecule has 0 aliphatic carbocycles. The maximum absolute atomic E-state index is 13.1. The molecule has 0 aliphatic heterocycles. The van der Waals surface area contributed by atoms with E-state index in [4.69, 9.17) is 9.47 Å². The number of hydrogen-bond acceptors (Lipinski definition) is 4. The third kappa shape index (κ3) is 8.70. The summed E-state index contributed by atoms with van der Waals surface area (Å²) in [6.45, 7) is 10.5. The number of aliphatic hydroxyl groups is 1. The van der Waals surface area contributed by atoms with Gasteiger partial charge < -0.3 is 14.6 Å². The average molecular weight is 406 g/mol. The molecule has 0 amide bonds. The summed E-state index contributed by atoms with van der Waals surface area (Å²) in [5.41, 5.74) is 0.290. The van der Waals surface area contributed by atoms with Crippen LogP contribution in [0.1, 0.15) is 43.3 Å². The Labute approximate surface area is 171 Å². The molecule has 2 aromatic rings. The number of halogens is 2. The molecule has 2 aromatic carbocycles. The summed E-state index contributed by atoms with van der Waals surface area (Å²) in [6, 6.07) is 8.37. The van der Waals surface area contributed by atoms with Crippen LogP contribution in [0.4, 0.5) is 8.78 Å².